The number of rotatable bonds is 11. The average molecular weight is 1230 g/mol. The van der Waals surface area contributed by atoms with E-state index < -0.39 is 0 Å². The number of hydrogen-bond acceptors (Lipinski definition) is 3. The van der Waals surface area contributed by atoms with Crippen LogP contribution in [0.3, 0.4) is 0 Å². The molecule has 7 heteroatoms. The highest BCUT2D eigenvalue weighted by Crippen LogP contribution is 2.48. The molecule has 452 valence electrons. The van der Waals surface area contributed by atoms with Gasteiger partial charge in [-0.25, -0.2) is 9.59 Å². The quantitative estimate of drug-likeness (QED) is 0.121. The van der Waals surface area contributed by atoms with Crippen molar-refractivity contribution >= 4 is 75.9 Å². The zero-order valence-electron chi connectivity index (χ0n) is 52.4. The number of pyridine rings is 1. The summed E-state index contributed by atoms with van der Waals surface area (Å²) in [6.07, 6.45) is 4.35. The summed E-state index contributed by atoms with van der Waals surface area (Å²) in [5, 5.41) is 11.6. The Labute approximate surface area is 553 Å². The highest BCUT2D eigenvalue weighted by Gasteiger charge is 2.23. The van der Waals surface area contributed by atoms with Crippen LogP contribution in [0.2, 0.25) is 0 Å². The van der Waals surface area contributed by atoms with Crippen molar-refractivity contribution in [3.8, 4) is 78.4 Å². The molecular formula is C89H59N5O2. The molecule has 0 N–H and O–H groups in total. The average Bonchev–Trinajstić information content (AvgIpc) is 0.987. The van der Waals surface area contributed by atoms with Gasteiger partial charge in [0.25, 0.3) is 0 Å². The van der Waals surface area contributed by atoms with E-state index in [-0.39, 0.29) is 11.4 Å². The van der Waals surface area contributed by atoms with Crippen LogP contribution in [-0.2, 0) is 6.42 Å². The number of fused-ring (bicyclic) bond motifs is 7. The predicted molar refractivity (Wildman–Crippen MR) is 398 cm³/mol. The van der Waals surface area contributed by atoms with Gasteiger partial charge in [0, 0.05) is 12.4 Å². The summed E-state index contributed by atoms with van der Waals surface area (Å²) in [5.41, 5.74) is 21.2. The number of nitrogens with zero attached hydrogens (tertiary/aromatic N) is 5. The van der Waals surface area contributed by atoms with Crippen molar-refractivity contribution in [2.24, 2.45) is 0 Å². The van der Waals surface area contributed by atoms with E-state index in [1.165, 1.54) is 49.4 Å². The SMILES string of the molecule is Cc1ccc2c(-c3ccc(-n4c(=O)n(-c5ccccc5)c5ccccc54)cc3)c3cc(Cc4ccc5c(-c6ccc(-n7c(=O)n(-c8ccccc8)c8ccccc87)cc6)c6ccccc6c(-c6ccc(-c7ccncc7)cc6)c5c4)ccc3c(-c3ccc4ccccc4c3)c2c1. The van der Waals surface area contributed by atoms with Crippen molar-refractivity contribution in [2.75, 3.05) is 0 Å². The second kappa shape index (κ2) is 22.8. The zero-order valence-corrected chi connectivity index (χ0v) is 52.4. The largest absolute Gasteiger partial charge is 0.338 e. The molecule has 0 unspecified atom stereocenters. The Bertz CT molecular complexity index is 6240. The standard InChI is InChI=1S/C89H59N5O2/c1-57-28-45-74-77(52-57)87(67-36-33-60-16-8-9-17-66(60)56-67)76-47-30-59(55-79(76)86(74)65-39-43-71(44-40-65)94-83-27-15-13-25-81(83)92(89(94)96)69-20-6-3-7-21-69)53-58-29-46-75-78(54-58)85(63-34-31-61(32-35-63)62-48-50-90-51-49-62)73-23-11-10-22-72(73)84(75)64-37-41-70(42-38-64)93-82-26-14-12-24-80(82)91(88(93)95)68-18-4-2-5-19-68/h2-52,54-56H,53H2,1H3. The molecule has 0 saturated carbocycles. The molecule has 15 aromatic carbocycles. The monoisotopic (exact) mass is 1230 g/mol. The molecule has 0 fully saturated rings. The molecule has 96 heavy (non-hydrogen) atoms. The molecule has 0 bridgehead atoms. The maximum absolute atomic E-state index is 14.7. The van der Waals surface area contributed by atoms with Crippen molar-refractivity contribution in [1.29, 1.82) is 0 Å². The van der Waals surface area contributed by atoms with Gasteiger partial charge < -0.3 is 0 Å². The van der Waals surface area contributed by atoms with Crippen LogP contribution in [0.4, 0.5) is 0 Å². The van der Waals surface area contributed by atoms with Crippen molar-refractivity contribution in [2.45, 2.75) is 13.3 Å². The number of aryl methyl sites for hydroxylation is 1. The molecule has 3 aromatic heterocycles. The summed E-state index contributed by atoms with van der Waals surface area (Å²) in [7, 11) is 0. The van der Waals surface area contributed by atoms with Crippen molar-refractivity contribution < 1.29 is 0 Å². The van der Waals surface area contributed by atoms with Gasteiger partial charge in [-0.05, 0) is 225 Å². The van der Waals surface area contributed by atoms with Gasteiger partial charge in [-0.2, -0.15) is 0 Å². The van der Waals surface area contributed by atoms with Crippen molar-refractivity contribution in [3.05, 3.63) is 366 Å². The number of hydrogen-bond donors (Lipinski definition) is 0. The van der Waals surface area contributed by atoms with Gasteiger partial charge in [-0.15, -0.1) is 0 Å². The fourth-order valence-corrected chi connectivity index (χ4v) is 15.0. The fraction of sp³-hybridized carbons (Fsp3) is 0.0225. The summed E-state index contributed by atoms with van der Waals surface area (Å²) in [6.45, 7) is 2.18. The van der Waals surface area contributed by atoms with Gasteiger partial charge in [-0.1, -0.05) is 230 Å². The summed E-state index contributed by atoms with van der Waals surface area (Å²) < 4.78 is 7.25. The number of aromatic nitrogens is 5. The first-order valence-corrected chi connectivity index (χ1v) is 32.6. The van der Waals surface area contributed by atoms with Gasteiger partial charge in [0.05, 0.1) is 44.8 Å². The van der Waals surface area contributed by atoms with Crippen LogP contribution in [0.15, 0.2) is 337 Å². The number of benzene rings is 15. The lowest BCUT2D eigenvalue weighted by Crippen LogP contribution is -2.22. The lowest BCUT2D eigenvalue weighted by Gasteiger charge is -2.20. The maximum atomic E-state index is 14.7. The lowest BCUT2D eigenvalue weighted by atomic mass is 9.83. The van der Waals surface area contributed by atoms with Crippen LogP contribution in [0, 0.1) is 6.92 Å². The third kappa shape index (κ3) is 9.31. The Balaban J connectivity index is 0.811. The molecule has 18 rings (SSSR count). The van der Waals surface area contributed by atoms with E-state index in [9.17, 15) is 9.59 Å². The minimum Gasteiger partial charge on any atom is -0.265 e. The summed E-state index contributed by atoms with van der Waals surface area (Å²) >= 11 is 0. The first-order valence-electron chi connectivity index (χ1n) is 32.6. The van der Waals surface area contributed by atoms with Gasteiger partial charge in [0.15, 0.2) is 0 Å². The van der Waals surface area contributed by atoms with E-state index in [0.717, 1.165) is 122 Å². The second-order valence-corrected chi connectivity index (χ2v) is 25.1. The summed E-state index contributed by atoms with van der Waals surface area (Å²) in [5.74, 6) is 0. The van der Waals surface area contributed by atoms with E-state index in [0.29, 0.717) is 6.42 Å². The second-order valence-electron chi connectivity index (χ2n) is 25.1. The Morgan fingerprint density at radius 3 is 1.09 bits per heavy atom. The minimum absolute atomic E-state index is 0.122. The molecule has 0 saturated heterocycles. The van der Waals surface area contributed by atoms with Crippen molar-refractivity contribution in [1.82, 2.24) is 23.3 Å². The lowest BCUT2D eigenvalue weighted by molar-refractivity contribution is 0.930. The molecule has 0 spiro atoms. The van der Waals surface area contributed by atoms with E-state index in [1.807, 2.05) is 131 Å². The van der Waals surface area contributed by atoms with Crippen LogP contribution in [-0.4, -0.2) is 23.3 Å². The molecule has 0 radical (unpaired) electrons. The Kier molecular flexibility index (Phi) is 13.3. The molecule has 3 heterocycles. The minimum atomic E-state index is -0.123. The molecule has 0 amide bonds. The molecule has 0 aliphatic heterocycles. The molecule has 7 nitrogen and oxygen atoms in total. The maximum Gasteiger partial charge on any atom is 0.338 e. The molecule has 0 aliphatic rings. The van der Waals surface area contributed by atoms with Gasteiger partial charge in [-0.3, -0.25) is 23.3 Å². The number of para-hydroxylation sites is 6. The topological polar surface area (TPSA) is 66.8 Å². The third-order valence-electron chi connectivity index (χ3n) is 19.4. The van der Waals surface area contributed by atoms with E-state index in [2.05, 4.69) is 218 Å². The normalized spacial score (nSPS) is 11.7. The van der Waals surface area contributed by atoms with Crippen LogP contribution < -0.4 is 11.4 Å². The zero-order chi connectivity index (χ0) is 64.0. The summed E-state index contributed by atoms with van der Waals surface area (Å²) in [4.78, 5) is 33.6. The summed E-state index contributed by atoms with van der Waals surface area (Å²) in [6, 6.07) is 111. The van der Waals surface area contributed by atoms with Crippen molar-refractivity contribution in [3.63, 3.8) is 0 Å². The molecule has 18 aromatic rings. The highest BCUT2D eigenvalue weighted by molar-refractivity contribution is 6.23. The van der Waals surface area contributed by atoms with Crippen LogP contribution in [0.25, 0.3) is 154 Å². The highest BCUT2D eigenvalue weighted by atomic mass is 16.2. The predicted octanol–water partition coefficient (Wildman–Crippen LogP) is 21.3. The molecule has 0 atom stereocenters. The molecular weight excluding hydrogens is 1170 g/mol. The van der Waals surface area contributed by atoms with Gasteiger partial charge in [0.2, 0.25) is 0 Å². The van der Waals surface area contributed by atoms with Crippen LogP contribution >= 0.6 is 0 Å². The van der Waals surface area contributed by atoms with Gasteiger partial charge in [0.1, 0.15) is 0 Å². The Hall–Kier alpha value is -12.7. The van der Waals surface area contributed by atoms with E-state index in [1.54, 1.807) is 9.13 Å². The van der Waals surface area contributed by atoms with E-state index >= 15 is 0 Å². The molecule has 0 aliphatic carbocycles. The Morgan fingerprint density at radius 2 is 0.604 bits per heavy atom. The van der Waals surface area contributed by atoms with Gasteiger partial charge >= 0.3 is 11.4 Å². The smallest absolute Gasteiger partial charge is 0.265 e. The first kappa shape index (κ1) is 56.1. The first-order chi connectivity index (χ1) is 47.4. The fourth-order valence-electron chi connectivity index (χ4n) is 15.0. The Morgan fingerprint density at radius 1 is 0.260 bits per heavy atom. The van der Waals surface area contributed by atoms with Crippen LogP contribution in [0.1, 0.15) is 16.7 Å². The van der Waals surface area contributed by atoms with Crippen LogP contribution in [0.5, 0.6) is 0 Å². The number of imidazole rings is 2. The van der Waals surface area contributed by atoms with E-state index in [4.69, 9.17) is 0 Å². The third-order valence-corrected chi connectivity index (χ3v) is 19.4.